The Hall–Kier alpha value is -0.880. The fourth-order valence-corrected chi connectivity index (χ4v) is 1.32. The van der Waals surface area contributed by atoms with Crippen molar-refractivity contribution in [3.8, 4) is 0 Å². The van der Waals surface area contributed by atoms with Crippen LogP contribution in [0.25, 0.3) is 0 Å². The van der Waals surface area contributed by atoms with Crippen molar-refractivity contribution in [1.82, 2.24) is 5.32 Å². The average molecular weight is 207 g/mol. The predicted octanol–water partition coefficient (Wildman–Crippen LogP) is 0.304. The third kappa shape index (κ3) is 9.03. The highest BCUT2D eigenvalue weighted by molar-refractivity contribution is 7.85. The van der Waals surface area contributed by atoms with E-state index in [9.17, 15) is 13.2 Å². The first-order chi connectivity index (χ1) is 5.95. The molecule has 1 amide bonds. The van der Waals surface area contributed by atoms with Crippen LogP contribution in [0.4, 0.5) is 0 Å². The summed E-state index contributed by atoms with van der Waals surface area (Å²) in [5, 5.41) is 2.36. The maximum atomic E-state index is 10.8. The predicted molar refractivity (Wildman–Crippen MR) is 48.6 cm³/mol. The fraction of sp³-hybridized carbons (Fsp3) is 0.571. The number of amides is 1. The summed E-state index contributed by atoms with van der Waals surface area (Å²) in [6.45, 7) is 3.30. The van der Waals surface area contributed by atoms with Crippen LogP contribution in [0.5, 0.6) is 0 Å². The van der Waals surface area contributed by atoms with Gasteiger partial charge in [0.15, 0.2) is 0 Å². The van der Waals surface area contributed by atoms with Gasteiger partial charge < -0.3 is 5.32 Å². The summed E-state index contributed by atoms with van der Waals surface area (Å²) >= 11 is 0. The summed E-state index contributed by atoms with van der Waals surface area (Å²) in [7, 11) is -3.89. The first kappa shape index (κ1) is 12.1. The van der Waals surface area contributed by atoms with Crippen LogP contribution in [0.15, 0.2) is 12.8 Å². The van der Waals surface area contributed by atoms with Crippen LogP contribution in [0.2, 0.25) is 0 Å². The van der Waals surface area contributed by atoms with Gasteiger partial charge in [0, 0.05) is 6.42 Å². The molecule has 5 nitrogen and oxygen atoms in total. The first-order valence-electron chi connectivity index (χ1n) is 3.81. The zero-order chi connectivity index (χ0) is 10.3. The molecule has 0 aliphatic rings. The molecule has 0 atom stereocenters. The lowest BCUT2D eigenvalue weighted by molar-refractivity contribution is -0.120. The number of hydrogen-bond acceptors (Lipinski definition) is 3. The molecule has 0 fully saturated rings. The summed E-state index contributed by atoms with van der Waals surface area (Å²) in [4.78, 5) is 10.8. The fourth-order valence-electron chi connectivity index (χ4n) is 0.756. The molecule has 0 aromatic carbocycles. The SMILES string of the molecule is C=CNC(=O)CCCCS(=O)(=O)O. The minimum atomic E-state index is -3.89. The molecule has 0 spiro atoms. The van der Waals surface area contributed by atoms with Gasteiger partial charge in [-0.2, -0.15) is 8.42 Å². The molecule has 0 saturated heterocycles. The van der Waals surface area contributed by atoms with Crippen LogP contribution in [0.1, 0.15) is 19.3 Å². The van der Waals surface area contributed by atoms with Crippen LogP contribution in [0.3, 0.4) is 0 Å². The Morgan fingerprint density at radius 2 is 2.08 bits per heavy atom. The molecule has 76 valence electrons. The van der Waals surface area contributed by atoms with Crippen molar-refractivity contribution < 1.29 is 17.8 Å². The molecule has 0 aromatic rings. The quantitative estimate of drug-likeness (QED) is 0.485. The van der Waals surface area contributed by atoms with Gasteiger partial charge in [-0.25, -0.2) is 0 Å². The molecule has 6 heteroatoms. The van der Waals surface area contributed by atoms with Gasteiger partial charge in [0.1, 0.15) is 0 Å². The Bertz CT molecular complexity index is 270. The minimum Gasteiger partial charge on any atom is -0.333 e. The van der Waals surface area contributed by atoms with E-state index in [1.54, 1.807) is 0 Å². The van der Waals surface area contributed by atoms with Crippen molar-refractivity contribution in [1.29, 1.82) is 0 Å². The van der Waals surface area contributed by atoms with E-state index in [4.69, 9.17) is 4.55 Å². The maximum absolute atomic E-state index is 10.8. The lowest BCUT2D eigenvalue weighted by atomic mass is 10.2. The van der Waals surface area contributed by atoms with Crippen LogP contribution < -0.4 is 5.32 Å². The molecular formula is C7H13NO4S. The van der Waals surface area contributed by atoms with E-state index in [2.05, 4.69) is 11.9 Å². The highest BCUT2D eigenvalue weighted by Crippen LogP contribution is 1.98. The van der Waals surface area contributed by atoms with Gasteiger partial charge in [0.25, 0.3) is 10.1 Å². The number of nitrogens with one attached hydrogen (secondary N) is 1. The van der Waals surface area contributed by atoms with Gasteiger partial charge in [-0.3, -0.25) is 9.35 Å². The summed E-state index contributed by atoms with van der Waals surface area (Å²) in [6.07, 6.45) is 2.22. The normalized spacial score (nSPS) is 10.8. The molecule has 13 heavy (non-hydrogen) atoms. The third-order valence-corrected chi connectivity index (χ3v) is 2.12. The topological polar surface area (TPSA) is 83.5 Å². The first-order valence-corrected chi connectivity index (χ1v) is 5.42. The standard InChI is InChI=1S/C7H13NO4S/c1-2-8-7(9)5-3-4-6-13(10,11)12/h2H,1,3-6H2,(H,8,9)(H,10,11,12). The van der Waals surface area contributed by atoms with Gasteiger partial charge in [0.05, 0.1) is 5.75 Å². The number of carbonyl (C=O) groups is 1. The van der Waals surface area contributed by atoms with Crippen molar-refractivity contribution in [2.75, 3.05) is 5.75 Å². The average Bonchev–Trinajstić information content (AvgIpc) is 1.97. The van der Waals surface area contributed by atoms with E-state index < -0.39 is 10.1 Å². The summed E-state index contributed by atoms with van der Waals surface area (Å²) < 4.78 is 28.8. The van der Waals surface area contributed by atoms with E-state index in [1.807, 2.05) is 0 Å². The second-order valence-electron chi connectivity index (χ2n) is 2.51. The molecule has 2 N–H and O–H groups in total. The Labute approximate surface area is 77.6 Å². The monoisotopic (exact) mass is 207 g/mol. The molecule has 0 radical (unpaired) electrons. The highest BCUT2D eigenvalue weighted by Gasteiger charge is 2.04. The highest BCUT2D eigenvalue weighted by atomic mass is 32.2. The van der Waals surface area contributed by atoms with Gasteiger partial charge >= 0.3 is 0 Å². The Kier molecular flexibility index (Phi) is 5.33. The molecule has 0 aliphatic heterocycles. The van der Waals surface area contributed by atoms with E-state index in [1.165, 1.54) is 6.20 Å². The molecular weight excluding hydrogens is 194 g/mol. The molecule has 0 heterocycles. The van der Waals surface area contributed by atoms with Crippen molar-refractivity contribution >= 4 is 16.0 Å². The second-order valence-corrected chi connectivity index (χ2v) is 4.09. The molecule has 0 saturated carbocycles. The lowest BCUT2D eigenvalue weighted by Gasteiger charge is -1.98. The van der Waals surface area contributed by atoms with Crippen molar-refractivity contribution in [2.24, 2.45) is 0 Å². The molecule has 0 bridgehead atoms. The molecule has 0 aliphatic carbocycles. The summed E-state index contributed by atoms with van der Waals surface area (Å²) in [5.74, 6) is -0.501. The summed E-state index contributed by atoms with van der Waals surface area (Å²) in [6, 6.07) is 0. The maximum Gasteiger partial charge on any atom is 0.264 e. The van der Waals surface area contributed by atoms with Crippen LogP contribution in [0, 0.1) is 0 Å². The van der Waals surface area contributed by atoms with E-state index >= 15 is 0 Å². The van der Waals surface area contributed by atoms with Crippen LogP contribution in [-0.2, 0) is 14.9 Å². The number of rotatable bonds is 6. The van der Waals surface area contributed by atoms with E-state index in [0.29, 0.717) is 6.42 Å². The Morgan fingerprint density at radius 3 is 2.54 bits per heavy atom. The molecule has 0 unspecified atom stereocenters. The van der Waals surface area contributed by atoms with Crippen molar-refractivity contribution in [3.63, 3.8) is 0 Å². The van der Waals surface area contributed by atoms with Crippen LogP contribution >= 0.6 is 0 Å². The number of carbonyl (C=O) groups excluding carboxylic acids is 1. The smallest absolute Gasteiger partial charge is 0.264 e. The van der Waals surface area contributed by atoms with Gasteiger partial charge in [-0.1, -0.05) is 6.58 Å². The number of unbranched alkanes of at least 4 members (excludes halogenated alkanes) is 1. The van der Waals surface area contributed by atoms with Gasteiger partial charge in [-0.05, 0) is 19.0 Å². The van der Waals surface area contributed by atoms with Gasteiger partial charge in [-0.15, -0.1) is 0 Å². The van der Waals surface area contributed by atoms with E-state index in [-0.39, 0.29) is 24.5 Å². The zero-order valence-electron chi connectivity index (χ0n) is 7.19. The molecule has 0 aromatic heterocycles. The largest absolute Gasteiger partial charge is 0.333 e. The Morgan fingerprint density at radius 1 is 1.46 bits per heavy atom. The number of hydrogen-bond donors (Lipinski definition) is 2. The lowest BCUT2D eigenvalue weighted by Crippen LogP contribution is -2.16. The minimum absolute atomic E-state index is 0.203. The second kappa shape index (κ2) is 5.71. The van der Waals surface area contributed by atoms with E-state index in [0.717, 1.165) is 0 Å². The van der Waals surface area contributed by atoms with Crippen molar-refractivity contribution in [2.45, 2.75) is 19.3 Å². The third-order valence-electron chi connectivity index (χ3n) is 1.32. The molecule has 0 rings (SSSR count). The zero-order valence-corrected chi connectivity index (χ0v) is 8.01. The van der Waals surface area contributed by atoms with Crippen LogP contribution in [-0.4, -0.2) is 24.6 Å². The van der Waals surface area contributed by atoms with Crippen molar-refractivity contribution in [3.05, 3.63) is 12.8 Å². The van der Waals surface area contributed by atoms with Gasteiger partial charge in [0.2, 0.25) is 5.91 Å². The summed E-state index contributed by atoms with van der Waals surface area (Å²) in [5.41, 5.74) is 0. The Balaban J connectivity index is 3.47.